The van der Waals surface area contributed by atoms with E-state index in [1.54, 1.807) is 12.1 Å². The number of unbranched alkanes of at least 4 members (excludes halogenated alkanes) is 2. The molecule has 0 radical (unpaired) electrons. The van der Waals surface area contributed by atoms with Crippen LogP contribution < -0.4 is 0 Å². The van der Waals surface area contributed by atoms with Crippen LogP contribution in [0.25, 0.3) is 0 Å². The van der Waals surface area contributed by atoms with Gasteiger partial charge in [-0.15, -0.1) is 0 Å². The molecule has 2 aromatic carbocycles. The van der Waals surface area contributed by atoms with E-state index < -0.39 is 24.3 Å². The number of rotatable bonds is 11. The summed E-state index contributed by atoms with van der Waals surface area (Å²) in [6, 6.07) is 19.5. The zero-order chi connectivity index (χ0) is 27.2. The number of aryl methyl sites for hydroxylation is 2. The van der Waals surface area contributed by atoms with Crippen LogP contribution in [0.15, 0.2) is 60.7 Å². The SMILES string of the molecule is O=C(CCCCc1ccccc1)C(F)(F)C(F)(F)F.O=C(CCCCc1ccccc1)N1CCOCC1. The summed E-state index contributed by atoms with van der Waals surface area (Å²) in [5, 5.41) is 0. The number of carbonyl (C=O) groups is 2. The molecule has 37 heavy (non-hydrogen) atoms. The monoisotopic (exact) mass is 527 g/mol. The Bertz CT molecular complexity index is 930. The van der Waals surface area contributed by atoms with E-state index in [0.717, 1.165) is 37.9 Å². The van der Waals surface area contributed by atoms with Crippen molar-refractivity contribution in [3.63, 3.8) is 0 Å². The number of ketones is 1. The Morgan fingerprint density at radius 3 is 1.62 bits per heavy atom. The summed E-state index contributed by atoms with van der Waals surface area (Å²) in [5.74, 6) is -7.01. The molecule has 0 aliphatic carbocycles. The van der Waals surface area contributed by atoms with Crippen molar-refractivity contribution in [1.82, 2.24) is 4.90 Å². The molecule has 1 fully saturated rings. The molecule has 0 unspecified atom stereocenters. The molecule has 0 aromatic heterocycles. The average Bonchev–Trinajstić information content (AvgIpc) is 2.90. The number of nitrogens with zero attached hydrogens (tertiary/aromatic N) is 1. The number of Topliss-reactive ketones (excluding diaryl/α,β-unsaturated/α-hetero) is 1. The second-order valence-electron chi connectivity index (χ2n) is 8.87. The van der Waals surface area contributed by atoms with Crippen LogP contribution in [-0.4, -0.2) is 55.0 Å². The number of amides is 1. The molecule has 0 atom stereocenters. The fourth-order valence-electron chi connectivity index (χ4n) is 3.80. The molecule has 204 valence electrons. The van der Waals surface area contributed by atoms with E-state index >= 15 is 0 Å². The molecule has 4 nitrogen and oxygen atoms in total. The zero-order valence-electron chi connectivity index (χ0n) is 20.8. The number of alkyl halides is 5. The van der Waals surface area contributed by atoms with Crippen molar-refractivity contribution < 1.29 is 36.3 Å². The van der Waals surface area contributed by atoms with E-state index in [1.165, 1.54) is 5.56 Å². The molecular weight excluding hydrogens is 493 g/mol. The van der Waals surface area contributed by atoms with E-state index in [0.29, 0.717) is 32.5 Å². The molecule has 0 spiro atoms. The molecule has 1 aliphatic rings. The second kappa shape index (κ2) is 15.4. The number of carbonyl (C=O) groups excluding carboxylic acids is 2. The third-order valence-electron chi connectivity index (χ3n) is 5.98. The van der Waals surface area contributed by atoms with Crippen molar-refractivity contribution in [2.75, 3.05) is 26.3 Å². The minimum absolute atomic E-state index is 0.0133. The van der Waals surface area contributed by atoms with Crippen LogP contribution in [0.3, 0.4) is 0 Å². The largest absolute Gasteiger partial charge is 0.461 e. The van der Waals surface area contributed by atoms with Crippen LogP contribution in [-0.2, 0) is 27.2 Å². The molecule has 1 amide bonds. The molecule has 0 N–H and O–H groups in total. The Morgan fingerprint density at radius 2 is 1.16 bits per heavy atom. The fraction of sp³-hybridized carbons (Fsp3) is 0.500. The van der Waals surface area contributed by atoms with Crippen molar-refractivity contribution in [2.24, 2.45) is 0 Å². The van der Waals surface area contributed by atoms with Gasteiger partial charge in [0.1, 0.15) is 0 Å². The van der Waals surface area contributed by atoms with Crippen LogP contribution in [0.4, 0.5) is 22.0 Å². The van der Waals surface area contributed by atoms with E-state index in [9.17, 15) is 31.5 Å². The number of benzene rings is 2. The topological polar surface area (TPSA) is 46.6 Å². The number of morpholine rings is 1. The first kappa shape index (κ1) is 30.4. The lowest BCUT2D eigenvalue weighted by atomic mass is 10.0. The Balaban J connectivity index is 0.000000260. The summed E-state index contributed by atoms with van der Waals surface area (Å²) in [4.78, 5) is 24.7. The van der Waals surface area contributed by atoms with E-state index in [1.807, 2.05) is 29.2 Å². The predicted octanol–water partition coefficient (Wildman–Crippen LogP) is 6.42. The van der Waals surface area contributed by atoms with E-state index in [-0.39, 0.29) is 12.3 Å². The second-order valence-corrected chi connectivity index (χ2v) is 8.87. The lowest BCUT2D eigenvalue weighted by Crippen LogP contribution is -2.43. The summed E-state index contributed by atoms with van der Waals surface area (Å²) in [6.07, 6.45) is -1.81. The molecule has 0 saturated carbocycles. The van der Waals surface area contributed by atoms with Crippen molar-refractivity contribution in [3.8, 4) is 0 Å². The highest BCUT2D eigenvalue weighted by Gasteiger charge is 2.62. The van der Waals surface area contributed by atoms with Crippen LogP contribution in [0.1, 0.15) is 49.7 Å². The summed E-state index contributed by atoms with van der Waals surface area (Å²) >= 11 is 0. The van der Waals surface area contributed by atoms with Crippen LogP contribution in [0.2, 0.25) is 0 Å². The highest BCUT2D eigenvalue weighted by Crippen LogP contribution is 2.37. The average molecular weight is 528 g/mol. The van der Waals surface area contributed by atoms with Crippen molar-refractivity contribution in [3.05, 3.63) is 71.8 Å². The van der Waals surface area contributed by atoms with Gasteiger partial charge in [0.05, 0.1) is 13.2 Å². The highest BCUT2D eigenvalue weighted by atomic mass is 19.4. The third-order valence-corrected chi connectivity index (χ3v) is 5.98. The summed E-state index contributed by atoms with van der Waals surface area (Å²) in [6.45, 7) is 2.90. The fourth-order valence-corrected chi connectivity index (χ4v) is 3.80. The van der Waals surface area contributed by atoms with Crippen LogP contribution >= 0.6 is 0 Å². The maximum atomic E-state index is 12.6. The zero-order valence-corrected chi connectivity index (χ0v) is 20.8. The van der Waals surface area contributed by atoms with Crippen molar-refractivity contribution in [2.45, 2.75) is 63.5 Å². The number of halogens is 5. The molecule has 9 heteroatoms. The molecule has 1 aliphatic heterocycles. The van der Waals surface area contributed by atoms with Gasteiger partial charge in [-0.2, -0.15) is 22.0 Å². The Morgan fingerprint density at radius 1 is 0.703 bits per heavy atom. The van der Waals surface area contributed by atoms with Gasteiger partial charge in [0.15, 0.2) is 0 Å². The Hall–Kier alpha value is -2.81. The lowest BCUT2D eigenvalue weighted by Gasteiger charge is -2.26. The Kier molecular flexibility index (Phi) is 12.7. The van der Waals surface area contributed by atoms with Gasteiger partial charge in [0.25, 0.3) is 0 Å². The minimum atomic E-state index is -5.80. The summed E-state index contributed by atoms with van der Waals surface area (Å²) in [7, 11) is 0. The quantitative estimate of drug-likeness (QED) is 0.250. The van der Waals surface area contributed by atoms with Gasteiger partial charge in [-0.1, -0.05) is 60.7 Å². The van der Waals surface area contributed by atoms with Crippen LogP contribution in [0.5, 0.6) is 0 Å². The van der Waals surface area contributed by atoms with Gasteiger partial charge in [-0.3, -0.25) is 9.59 Å². The van der Waals surface area contributed by atoms with Gasteiger partial charge in [-0.25, -0.2) is 0 Å². The van der Waals surface area contributed by atoms with Crippen LogP contribution in [0, 0.1) is 0 Å². The first-order chi connectivity index (χ1) is 17.6. The number of hydrogen-bond acceptors (Lipinski definition) is 3. The summed E-state index contributed by atoms with van der Waals surface area (Å²) < 4.78 is 66.1. The normalized spacial score (nSPS) is 14.0. The highest BCUT2D eigenvalue weighted by molar-refractivity contribution is 5.86. The lowest BCUT2D eigenvalue weighted by molar-refractivity contribution is -0.268. The standard InChI is InChI=1S/C15H21NO2.C13H13F5O/c17-15(16-10-12-18-13-11-16)9-5-4-8-14-6-2-1-3-7-14;14-12(15,13(16,17)18)11(19)9-5-4-8-10-6-2-1-3-7-10/h1-3,6-7H,4-5,8-13H2;1-3,6-7H,4-5,8-9H2. The smallest absolute Gasteiger partial charge is 0.378 e. The van der Waals surface area contributed by atoms with E-state index in [4.69, 9.17) is 4.74 Å². The molecule has 1 saturated heterocycles. The first-order valence-electron chi connectivity index (χ1n) is 12.5. The number of ether oxygens (including phenoxy) is 1. The predicted molar refractivity (Wildman–Crippen MR) is 131 cm³/mol. The third kappa shape index (κ3) is 11.0. The number of hydrogen-bond donors (Lipinski definition) is 0. The van der Waals surface area contributed by atoms with Gasteiger partial charge in [0, 0.05) is 25.9 Å². The maximum Gasteiger partial charge on any atom is 0.461 e. The van der Waals surface area contributed by atoms with Gasteiger partial charge in [0.2, 0.25) is 11.7 Å². The summed E-state index contributed by atoms with van der Waals surface area (Å²) in [5.41, 5.74) is 2.31. The Labute approximate surface area is 214 Å². The van der Waals surface area contributed by atoms with E-state index in [2.05, 4.69) is 24.3 Å². The molecule has 2 aromatic rings. The van der Waals surface area contributed by atoms with Gasteiger partial charge in [-0.05, 0) is 49.7 Å². The van der Waals surface area contributed by atoms with Crippen molar-refractivity contribution >= 4 is 11.7 Å². The molecular formula is C28H34F5NO3. The molecule has 3 rings (SSSR count). The minimum Gasteiger partial charge on any atom is -0.378 e. The molecule has 1 heterocycles. The first-order valence-corrected chi connectivity index (χ1v) is 12.5. The van der Waals surface area contributed by atoms with Gasteiger partial charge < -0.3 is 9.64 Å². The van der Waals surface area contributed by atoms with Gasteiger partial charge >= 0.3 is 12.1 Å². The molecule has 0 bridgehead atoms. The van der Waals surface area contributed by atoms with Crippen molar-refractivity contribution in [1.29, 1.82) is 0 Å². The maximum absolute atomic E-state index is 12.6.